The van der Waals surface area contributed by atoms with Gasteiger partial charge in [0.1, 0.15) is 21.5 Å². The number of carbonyl (C=O) groups excluding carboxylic acids is 2. The van der Waals surface area contributed by atoms with Crippen LogP contribution in [0.4, 0.5) is 34.1 Å². The van der Waals surface area contributed by atoms with Crippen molar-refractivity contribution in [3.63, 3.8) is 0 Å². The number of benzene rings is 6. The molecule has 7 aromatic rings. The summed E-state index contributed by atoms with van der Waals surface area (Å²) >= 11 is 1.53. The van der Waals surface area contributed by atoms with Gasteiger partial charge in [-0.25, -0.2) is 9.59 Å². The van der Waals surface area contributed by atoms with Gasteiger partial charge < -0.3 is 19.3 Å². The second-order valence-electron chi connectivity index (χ2n) is 13.0. The summed E-state index contributed by atoms with van der Waals surface area (Å²) in [5.74, 6) is -0.116. The first-order valence-corrected chi connectivity index (χ1v) is 19.4. The molecule has 0 amide bonds. The molecule has 0 aliphatic heterocycles. The summed E-state index contributed by atoms with van der Waals surface area (Å²) in [6.07, 6.45) is 4.19. The lowest BCUT2D eigenvalue weighted by Gasteiger charge is -2.26. The van der Waals surface area contributed by atoms with Crippen molar-refractivity contribution < 1.29 is 19.1 Å². The van der Waals surface area contributed by atoms with E-state index in [1.165, 1.54) is 22.5 Å². The van der Waals surface area contributed by atoms with Crippen molar-refractivity contribution in [3.05, 3.63) is 182 Å². The van der Waals surface area contributed by atoms with E-state index in [2.05, 4.69) is 144 Å². The van der Waals surface area contributed by atoms with Crippen molar-refractivity contribution in [1.29, 1.82) is 0 Å². The molecule has 1 heterocycles. The lowest BCUT2D eigenvalue weighted by atomic mass is 10.1. The lowest BCUT2D eigenvalue weighted by Crippen LogP contribution is -2.10. The van der Waals surface area contributed by atoms with Gasteiger partial charge in [0.05, 0.1) is 0 Å². The van der Waals surface area contributed by atoms with Crippen LogP contribution in [-0.2, 0) is 22.4 Å². The molecular weight excluding hydrogens is 729 g/mol. The molecule has 0 fully saturated rings. The molecular formula is C48H40N4O4S. The van der Waals surface area contributed by atoms with Gasteiger partial charge in [0.25, 0.3) is 0 Å². The third kappa shape index (κ3) is 8.91. The standard InChI is InChI=1S/C48H40N4O4S/c1-5-33-9-17-37(18-10-33)51(41-25-29-43(30-26-41)55-45(53)7-3)39-21-13-35(14-22-39)47-49-50-48(57-47)36-15-23-40(24-16-36)52(38-19-11-34(6-2)12-20-38)42-27-31-44(32-28-42)56-46(54)8-4/h7-32H,3-6H2,1-2H3. The monoisotopic (exact) mass is 768 g/mol. The highest BCUT2D eigenvalue weighted by Gasteiger charge is 2.17. The van der Waals surface area contributed by atoms with Crippen molar-refractivity contribution in [2.45, 2.75) is 26.7 Å². The minimum atomic E-state index is -0.503. The Hall–Kier alpha value is -7.10. The SMILES string of the molecule is C=CC(=O)Oc1ccc(N(c2ccc(CC)cc2)c2ccc(-c3nnc(-c4ccc(N(c5ccc(CC)cc5)c5ccc(OC(=O)C=C)cc5)cc4)s3)cc2)cc1. The summed E-state index contributed by atoms with van der Waals surface area (Å²) in [6.45, 7) is 11.2. The van der Waals surface area contributed by atoms with Crippen LogP contribution >= 0.6 is 11.3 Å². The molecule has 6 aromatic carbocycles. The van der Waals surface area contributed by atoms with E-state index in [1.807, 2.05) is 24.3 Å². The molecule has 0 spiro atoms. The molecule has 0 radical (unpaired) electrons. The van der Waals surface area contributed by atoms with Gasteiger partial charge in [-0.3, -0.25) is 0 Å². The van der Waals surface area contributed by atoms with E-state index in [0.29, 0.717) is 11.5 Å². The maximum atomic E-state index is 11.8. The molecule has 0 aliphatic rings. The van der Waals surface area contributed by atoms with E-state index in [4.69, 9.17) is 9.47 Å². The fraction of sp³-hybridized carbons (Fsp3) is 0.0833. The lowest BCUT2D eigenvalue weighted by molar-refractivity contribution is -0.129. The van der Waals surface area contributed by atoms with Crippen LogP contribution in [0.3, 0.4) is 0 Å². The van der Waals surface area contributed by atoms with Crippen LogP contribution in [0.2, 0.25) is 0 Å². The van der Waals surface area contributed by atoms with Crippen LogP contribution in [-0.4, -0.2) is 22.1 Å². The van der Waals surface area contributed by atoms with Crippen LogP contribution in [0.25, 0.3) is 21.1 Å². The molecule has 282 valence electrons. The van der Waals surface area contributed by atoms with Gasteiger partial charge in [-0.1, -0.05) is 62.6 Å². The van der Waals surface area contributed by atoms with Crippen molar-refractivity contribution in [2.75, 3.05) is 9.80 Å². The van der Waals surface area contributed by atoms with Gasteiger partial charge >= 0.3 is 11.9 Å². The van der Waals surface area contributed by atoms with Crippen LogP contribution < -0.4 is 19.3 Å². The fourth-order valence-corrected chi connectivity index (χ4v) is 7.12. The van der Waals surface area contributed by atoms with Crippen molar-refractivity contribution in [1.82, 2.24) is 10.2 Å². The summed E-state index contributed by atoms with van der Waals surface area (Å²) in [4.78, 5) is 27.8. The molecule has 57 heavy (non-hydrogen) atoms. The number of rotatable bonds is 14. The van der Waals surface area contributed by atoms with E-state index >= 15 is 0 Å². The third-order valence-corrected chi connectivity index (χ3v) is 10.4. The normalized spacial score (nSPS) is 10.7. The molecule has 0 saturated heterocycles. The summed E-state index contributed by atoms with van der Waals surface area (Å²) in [6, 6.07) is 48.3. The number of hydrogen-bond donors (Lipinski definition) is 0. The Labute approximate surface area is 336 Å². The number of aromatic nitrogens is 2. The van der Waals surface area contributed by atoms with Crippen molar-refractivity contribution in [2.24, 2.45) is 0 Å². The number of ether oxygens (including phenoxy) is 2. The van der Waals surface area contributed by atoms with Crippen molar-refractivity contribution >= 4 is 57.4 Å². The topological polar surface area (TPSA) is 84.9 Å². The van der Waals surface area contributed by atoms with E-state index in [1.54, 1.807) is 24.3 Å². The van der Waals surface area contributed by atoms with Crippen LogP contribution in [0.5, 0.6) is 11.5 Å². The highest BCUT2D eigenvalue weighted by molar-refractivity contribution is 7.17. The molecule has 0 bridgehead atoms. The Morgan fingerprint density at radius 3 is 1.05 bits per heavy atom. The Kier molecular flexibility index (Phi) is 11.8. The zero-order valence-electron chi connectivity index (χ0n) is 31.7. The zero-order chi connectivity index (χ0) is 39.7. The average molecular weight is 769 g/mol. The third-order valence-electron chi connectivity index (χ3n) is 9.34. The first kappa shape index (κ1) is 38.2. The Morgan fingerprint density at radius 2 is 0.772 bits per heavy atom. The fourth-order valence-electron chi connectivity index (χ4n) is 6.26. The van der Waals surface area contributed by atoms with Crippen LogP contribution in [0.15, 0.2) is 171 Å². The minimum Gasteiger partial charge on any atom is -0.423 e. The number of aryl methyl sites for hydroxylation is 2. The Balaban J connectivity index is 1.13. The minimum absolute atomic E-state index is 0.445. The summed E-state index contributed by atoms with van der Waals surface area (Å²) in [5.41, 5.74) is 10.2. The van der Waals surface area contributed by atoms with E-state index in [0.717, 1.165) is 80.3 Å². The molecule has 0 saturated carbocycles. The van der Waals surface area contributed by atoms with E-state index in [9.17, 15) is 9.59 Å². The number of esters is 2. The highest BCUT2D eigenvalue weighted by Crippen LogP contribution is 2.39. The molecule has 0 aliphatic carbocycles. The van der Waals surface area contributed by atoms with Gasteiger partial charge in [0.2, 0.25) is 0 Å². The predicted octanol–water partition coefficient (Wildman–Crippen LogP) is 12.1. The van der Waals surface area contributed by atoms with Gasteiger partial charge in [-0.15, -0.1) is 10.2 Å². The van der Waals surface area contributed by atoms with Gasteiger partial charge in [0.15, 0.2) is 0 Å². The summed E-state index contributed by atoms with van der Waals surface area (Å²) in [5, 5.41) is 10.8. The smallest absolute Gasteiger partial charge is 0.335 e. The molecule has 0 atom stereocenters. The summed E-state index contributed by atoms with van der Waals surface area (Å²) in [7, 11) is 0. The molecule has 7 rings (SSSR count). The molecule has 0 unspecified atom stereocenters. The highest BCUT2D eigenvalue weighted by atomic mass is 32.1. The second-order valence-corrected chi connectivity index (χ2v) is 13.9. The largest absolute Gasteiger partial charge is 0.423 e. The van der Waals surface area contributed by atoms with Crippen molar-refractivity contribution in [3.8, 4) is 32.6 Å². The quantitative estimate of drug-likeness (QED) is 0.0614. The second kappa shape index (κ2) is 17.6. The number of carbonyl (C=O) groups is 2. The van der Waals surface area contributed by atoms with Crippen LogP contribution in [0, 0.1) is 0 Å². The van der Waals surface area contributed by atoms with E-state index < -0.39 is 11.9 Å². The first-order chi connectivity index (χ1) is 27.8. The first-order valence-electron chi connectivity index (χ1n) is 18.6. The summed E-state index contributed by atoms with van der Waals surface area (Å²) < 4.78 is 10.6. The molecule has 1 aromatic heterocycles. The predicted molar refractivity (Wildman–Crippen MR) is 231 cm³/mol. The number of nitrogens with zero attached hydrogens (tertiary/aromatic N) is 4. The number of anilines is 6. The van der Waals surface area contributed by atoms with Gasteiger partial charge in [0, 0.05) is 57.4 Å². The van der Waals surface area contributed by atoms with Gasteiger partial charge in [-0.05, 0) is 145 Å². The zero-order valence-corrected chi connectivity index (χ0v) is 32.5. The molecule has 9 heteroatoms. The maximum Gasteiger partial charge on any atom is 0.335 e. The average Bonchev–Trinajstić information content (AvgIpc) is 3.76. The Morgan fingerprint density at radius 1 is 0.491 bits per heavy atom. The van der Waals surface area contributed by atoms with E-state index in [-0.39, 0.29) is 0 Å². The maximum absolute atomic E-state index is 11.8. The number of hydrogen-bond acceptors (Lipinski definition) is 9. The van der Waals surface area contributed by atoms with Gasteiger partial charge in [-0.2, -0.15) is 0 Å². The molecule has 8 nitrogen and oxygen atoms in total. The molecule has 0 N–H and O–H groups in total. The van der Waals surface area contributed by atoms with Crippen LogP contribution in [0.1, 0.15) is 25.0 Å². The Bertz CT molecular complexity index is 2300.